The van der Waals surface area contributed by atoms with E-state index in [0.29, 0.717) is 37.3 Å². The molecule has 5 heteroatoms. The van der Waals surface area contributed by atoms with Crippen molar-refractivity contribution in [3.05, 3.63) is 98.7 Å². The SMILES string of the molecule is CC[C@@H](C(=O)N1CCc2nc(Cc3ccccc3C)[nH]c(=O)c2C1)c1ccccc1. The van der Waals surface area contributed by atoms with E-state index in [4.69, 9.17) is 4.98 Å². The van der Waals surface area contributed by atoms with Gasteiger partial charge in [-0.1, -0.05) is 61.5 Å². The number of nitrogens with zero attached hydrogens (tertiary/aromatic N) is 2. The Kier molecular flexibility index (Phi) is 5.79. The van der Waals surface area contributed by atoms with Crippen LogP contribution in [-0.4, -0.2) is 27.3 Å². The first-order valence-corrected chi connectivity index (χ1v) is 10.6. The molecule has 0 spiro atoms. The maximum absolute atomic E-state index is 13.2. The number of carbonyl (C=O) groups excluding carboxylic acids is 1. The van der Waals surface area contributed by atoms with Crippen molar-refractivity contribution >= 4 is 5.91 Å². The molecule has 0 bridgehead atoms. The average molecular weight is 402 g/mol. The maximum atomic E-state index is 13.2. The van der Waals surface area contributed by atoms with Crippen LogP contribution in [0.4, 0.5) is 0 Å². The molecule has 154 valence electrons. The Balaban J connectivity index is 1.55. The number of aromatic nitrogens is 2. The molecule has 4 rings (SSSR count). The van der Waals surface area contributed by atoms with Gasteiger partial charge in [-0.05, 0) is 30.0 Å². The topological polar surface area (TPSA) is 66.1 Å². The normalized spacial score (nSPS) is 14.3. The van der Waals surface area contributed by atoms with Crippen LogP contribution in [0.25, 0.3) is 0 Å². The first-order chi connectivity index (χ1) is 14.6. The summed E-state index contributed by atoms with van der Waals surface area (Å²) in [5.41, 5.74) is 4.67. The number of H-pyrrole nitrogens is 1. The molecule has 1 aliphatic rings. The van der Waals surface area contributed by atoms with E-state index in [1.807, 2.05) is 49.4 Å². The number of hydrogen-bond acceptors (Lipinski definition) is 3. The van der Waals surface area contributed by atoms with Crippen molar-refractivity contribution in [1.29, 1.82) is 0 Å². The second-order valence-corrected chi connectivity index (χ2v) is 7.92. The first kappa shape index (κ1) is 20.1. The lowest BCUT2D eigenvalue weighted by atomic mass is 9.94. The third-order valence-electron chi connectivity index (χ3n) is 5.96. The molecular formula is C25H27N3O2. The van der Waals surface area contributed by atoms with Crippen LogP contribution in [0.15, 0.2) is 59.4 Å². The highest BCUT2D eigenvalue weighted by molar-refractivity contribution is 5.84. The van der Waals surface area contributed by atoms with Gasteiger partial charge in [-0.15, -0.1) is 0 Å². The van der Waals surface area contributed by atoms with E-state index in [0.717, 1.165) is 23.2 Å². The molecular weight excluding hydrogens is 374 g/mol. The van der Waals surface area contributed by atoms with Gasteiger partial charge in [-0.25, -0.2) is 4.98 Å². The van der Waals surface area contributed by atoms with Crippen LogP contribution in [0.5, 0.6) is 0 Å². The largest absolute Gasteiger partial charge is 0.337 e. The number of aromatic amines is 1. The number of benzene rings is 2. The van der Waals surface area contributed by atoms with Crippen LogP contribution in [0.3, 0.4) is 0 Å². The van der Waals surface area contributed by atoms with Crippen molar-refractivity contribution in [3.8, 4) is 0 Å². The van der Waals surface area contributed by atoms with E-state index in [1.54, 1.807) is 4.90 Å². The fourth-order valence-corrected chi connectivity index (χ4v) is 4.20. The number of carbonyl (C=O) groups is 1. The Bertz CT molecular complexity index is 1100. The van der Waals surface area contributed by atoms with Gasteiger partial charge in [-0.3, -0.25) is 9.59 Å². The van der Waals surface area contributed by atoms with Crippen LogP contribution in [0.2, 0.25) is 0 Å². The zero-order valence-electron chi connectivity index (χ0n) is 17.5. The van der Waals surface area contributed by atoms with Crippen LogP contribution in [-0.2, 0) is 24.2 Å². The van der Waals surface area contributed by atoms with Crippen molar-refractivity contribution in [2.24, 2.45) is 0 Å². The highest BCUT2D eigenvalue weighted by Crippen LogP contribution is 2.25. The molecule has 1 aromatic heterocycles. The summed E-state index contributed by atoms with van der Waals surface area (Å²) >= 11 is 0. The fourth-order valence-electron chi connectivity index (χ4n) is 4.20. The van der Waals surface area contributed by atoms with Crippen LogP contribution >= 0.6 is 0 Å². The Morgan fingerprint density at radius 3 is 2.60 bits per heavy atom. The van der Waals surface area contributed by atoms with Gasteiger partial charge >= 0.3 is 0 Å². The van der Waals surface area contributed by atoms with Gasteiger partial charge in [0.05, 0.1) is 23.7 Å². The lowest BCUT2D eigenvalue weighted by Crippen LogP contribution is -2.42. The van der Waals surface area contributed by atoms with Gasteiger partial charge in [0.25, 0.3) is 5.56 Å². The molecule has 1 N–H and O–H groups in total. The zero-order valence-corrected chi connectivity index (χ0v) is 17.5. The molecule has 0 fully saturated rings. The van der Waals surface area contributed by atoms with E-state index in [9.17, 15) is 9.59 Å². The van der Waals surface area contributed by atoms with Crippen molar-refractivity contribution < 1.29 is 4.79 Å². The molecule has 0 aliphatic carbocycles. The number of fused-ring (bicyclic) bond motifs is 1. The standard InChI is InChI=1S/C25H27N3O2/c1-3-20(18-10-5-4-6-11-18)25(30)28-14-13-22-21(16-28)24(29)27-23(26-22)15-19-12-8-7-9-17(19)2/h4-12,20H,3,13-16H2,1-2H3,(H,26,27,29)/t20-/m1/s1. The summed E-state index contributed by atoms with van der Waals surface area (Å²) in [6, 6.07) is 18.0. The average Bonchev–Trinajstić information content (AvgIpc) is 2.76. The van der Waals surface area contributed by atoms with E-state index >= 15 is 0 Å². The Labute approximate surface area is 176 Å². The van der Waals surface area contributed by atoms with E-state index in [1.165, 1.54) is 5.56 Å². The quantitative estimate of drug-likeness (QED) is 0.708. The predicted molar refractivity (Wildman–Crippen MR) is 117 cm³/mol. The number of rotatable bonds is 5. The molecule has 0 unspecified atom stereocenters. The second kappa shape index (κ2) is 8.66. The van der Waals surface area contributed by atoms with Gasteiger partial charge < -0.3 is 9.88 Å². The molecule has 1 amide bonds. The van der Waals surface area contributed by atoms with E-state index in [-0.39, 0.29) is 17.4 Å². The fraction of sp³-hybridized carbons (Fsp3) is 0.320. The highest BCUT2D eigenvalue weighted by atomic mass is 16.2. The molecule has 1 aliphatic heterocycles. The summed E-state index contributed by atoms with van der Waals surface area (Å²) in [6.45, 7) is 5.01. The molecule has 0 saturated heterocycles. The second-order valence-electron chi connectivity index (χ2n) is 7.92. The molecule has 30 heavy (non-hydrogen) atoms. The summed E-state index contributed by atoms with van der Waals surface area (Å²) in [6.07, 6.45) is 1.94. The van der Waals surface area contributed by atoms with Gasteiger partial charge in [0.15, 0.2) is 0 Å². The minimum absolute atomic E-state index is 0.0812. The van der Waals surface area contributed by atoms with Crippen LogP contribution < -0.4 is 5.56 Å². The monoisotopic (exact) mass is 401 g/mol. The highest BCUT2D eigenvalue weighted by Gasteiger charge is 2.29. The minimum Gasteiger partial charge on any atom is -0.337 e. The van der Waals surface area contributed by atoms with E-state index in [2.05, 4.69) is 24.0 Å². The number of nitrogens with one attached hydrogen (secondary N) is 1. The van der Waals surface area contributed by atoms with Crippen LogP contribution in [0, 0.1) is 6.92 Å². The minimum atomic E-state index is -0.180. The molecule has 2 aromatic carbocycles. The molecule has 0 saturated carbocycles. The summed E-state index contributed by atoms with van der Waals surface area (Å²) in [4.78, 5) is 35.5. The van der Waals surface area contributed by atoms with Gasteiger partial charge in [0.2, 0.25) is 5.91 Å². The summed E-state index contributed by atoms with van der Waals surface area (Å²) in [5.74, 6) is 0.585. The van der Waals surface area contributed by atoms with Gasteiger partial charge in [-0.2, -0.15) is 0 Å². The van der Waals surface area contributed by atoms with Gasteiger partial charge in [0, 0.05) is 19.4 Å². The predicted octanol–water partition coefficient (Wildman–Crippen LogP) is 3.75. The Hall–Kier alpha value is -3.21. The molecule has 1 atom stereocenters. The first-order valence-electron chi connectivity index (χ1n) is 10.6. The molecule has 3 aromatic rings. The molecule has 0 radical (unpaired) electrons. The third-order valence-corrected chi connectivity index (χ3v) is 5.96. The Morgan fingerprint density at radius 1 is 1.13 bits per heavy atom. The van der Waals surface area contributed by atoms with Crippen molar-refractivity contribution in [1.82, 2.24) is 14.9 Å². The third kappa shape index (κ3) is 4.06. The van der Waals surface area contributed by atoms with Crippen molar-refractivity contribution in [2.75, 3.05) is 6.54 Å². The number of hydrogen-bond donors (Lipinski definition) is 1. The van der Waals surface area contributed by atoms with Crippen molar-refractivity contribution in [3.63, 3.8) is 0 Å². The zero-order chi connectivity index (χ0) is 21.1. The lowest BCUT2D eigenvalue weighted by Gasteiger charge is -2.31. The molecule has 2 heterocycles. The van der Waals surface area contributed by atoms with Gasteiger partial charge in [0.1, 0.15) is 5.82 Å². The van der Waals surface area contributed by atoms with Crippen molar-refractivity contribution in [2.45, 2.75) is 45.6 Å². The summed E-state index contributed by atoms with van der Waals surface area (Å²) in [7, 11) is 0. The van der Waals surface area contributed by atoms with E-state index < -0.39 is 0 Å². The summed E-state index contributed by atoms with van der Waals surface area (Å²) < 4.78 is 0. The number of aryl methyl sites for hydroxylation is 1. The van der Waals surface area contributed by atoms with Crippen LogP contribution in [0.1, 0.15) is 53.0 Å². The lowest BCUT2D eigenvalue weighted by molar-refractivity contribution is -0.133. The Morgan fingerprint density at radius 2 is 1.87 bits per heavy atom. The number of amides is 1. The molecule has 5 nitrogen and oxygen atoms in total. The maximum Gasteiger partial charge on any atom is 0.256 e. The summed E-state index contributed by atoms with van der Waals surface area (Å²) in [5, 5.41) is 0. The smallest absolute Gasteiger partial charge is 0.256 e.